The van der Waals surface area contributed by atoms with E-state index in [2.05, 4.69) is 38.8 Å². The molecule has 2 aromatic carbocycles. The molecule has 0 radical (unpaired) electrons. The van der Waals surface area contributed by atoms with Gasteiger partial charge >= 0.3 is 0 Å². The molecular weight excluding hydrogens is 554 g/mol. The standard InChI is InChI=1S/C21H27Br2NO4S2/c1-3-4-5-6-7-8-17(2)24(29(25,26)20-13-9-18(22)10-14-20)30(27,28)21-15-11-19(23)12-16-21/h9-17H,3-8H2,1-2H3. The quantitative estimate of drug-likeness (QED) is 0.291. The summed E-state index contributed by atoms with van der Waals surface area (Å²) in [6.07, 6.45) is 5.47. The fourth-order valence-corrected chi connectivity index (χ4v) is 7.79. The molecule has 0 aromatic heterocycles. The molecule has 0 aliphatic heterocycles. The van der Waals surface area contributed by atoms with E-state index in [9.17, 15) is 16.8 Å². The zero-order chi connectivity index (χ0) is 22.4. The van der Waals surface area contributed by atoms with Crippen LogP contribution in [0, 0.1) is 0 Å². The largest absolute Gasteiger partial charge is 0.256 e. The molecule has 30 heavy (non-hydrogen) atoms. The highest BCUT2D eigenvalue weighted by molar-refractivity contribution is 9.10. The Bertz CT molecular complexity index is 946. The zero-order valence-electron chi connectivity index (χ0n) is 17.1. The van der Waals surface area contributed by atoms with Gasteiger partial charge in [-0.2, -0.15) is 0 Å². The van der Waals surface area contributed by atoms with Gasteiger partial charge in [-0.1, -0.05) is 74.6 Å². The molecule has 0 aliphatic carbocycles. The normalized spacial score (nSPS) is 13.5. The lowest BCUT2D eigenvalue weighted by molar-refractivity contribution is 0.408. The van der Waals surface area contributed by atoms with Crippen molar-refractivity contribution in [3.63, 3.8) is 0 Å². The first kappa shape index (κ1) is 25.5. The first-order valence-electron chi connectivity index (χ1n) is 9.91. The van der Waals surface area contributed by atoms with Crippen molar-refractivity contribution >= 4 is 51.9 Å². The Morgan fingerprint density at radius 1 is 0.733 bits per heavy atom. The molecule has 1 atom stereocenters. The first-order valence-corrected chi connectivity index (χ1v) is 14.4. The van der Waals surface area contributed by atoms with Crippen molar-refractivity contribution in [2.24, 2.45) is 0 Å². The lowest BCUT2D eigenvalue weighted by Gasteiger charge is -2.28. The van der Waals surface area contributed by atoms with E-state index < -0.39 is 26.1 Å². The predicted molar refractivity (Wildman–Crippen MR) is 127 cm³/mol. The van der Waals surface area contributed by atoms with Crippen LogP contribution in [-0.2, 0) is 20.0 Å². The number of unbranched alkanes of at least 4 members (excludes halogenated alkanes) is 4. The van der Waals surface area contributed by atoms with E-state index in [1.807, 2.05) is 0 Å². The second kappa shape index (κ2) is 11.2. The Hall–Kier alpha value is -0.740. The van der Waals surface area contributed by atoms with E-state index in [1.165, 1.54) is 24.3 Å². The molecule has 1 unspecified atom stereocenters. The van der Waals surface area contributed by atoms with Crippen molar-refractivity contribution in [3.8, 4) is 0 Å². The fourth-order valence-electron chi connectivity index (χ4n) is 3.17. The Kier molecular flexibility index (Phi) is 9.55. The third-order valence-corrected chi connectivity index (χ3v) is 10.4. The van der Waals surface area contributed by atoms with Gasteiger partial charge in [0.2, 0.25) is 0 Å². The van der Waals surface area contributed by atoms with Crippen LogP contribution in [0.15, 0.2) is 67.3 Å². The minimum atomic E-state index is -4.27. The second-order valence-electron chi connectivity index (χ2n) is 7.20. The maximum Gasteiger partial charge on any atom is 0.256 e. The monoisotopic (exact) mass is 579 g/mol. The molecule has 9 heteroatoms. The SMILES string of the molecule is CCCCCCCC(C)N(S(=O)(=O)c1ccc(Br)cc1)S(=O)(=O)c1ccc(Br)cc1. The maximum atomic E-state index is 13.4. The third kappa shape index (κ3) is 6.38. The van der Waals surface area contributed by atoms with Crippen LogP contribution in [0.25, 0.3) is 0 Å². The summed E-state index contributed by atoms with van der Waals surface area (Å²) in [7, 11) is -8.54. The van der Waals surface area contributed by atoms with Gasteiger partial charge in [-0.3, -0.25) is 0 Å². The highest BCUT2D eigenvalue weighted by Crippen LogP contribution is 2.30. The second-order valence-corrected chi connectivity index (χ2v) is 12.9. The number of nitrogens with zero attached hydrogens (tertiary/aromatic N) is 1. The van der Waals surface area contributed by atoms with Crippen molar-refractivity contribution < 1.29 is 16.8 Å². The highest BCUT2D eigenvalue weighted by atomic mass is 79.9. The first-order chi connectivity index (χ1) is 14.1. The molecule has 0 saturated heterocycles. The Morgan fingerprint density at radius 3 is 1.53 bits per heavy atom. The van der Waals surface area contributed by atoms with Crippen molar-refractivity contribution in [3.05, 3.63) is 57.5 Å². The number of halogens is 2. The molecular formula is C21H27Br2NO4S2. The van der Waals surface area contributed by atoms with Gasteiger partial charge in [0.1, 0.15) is 0 Å². The molecule has 0 N–H and O–H groups in total. The van der Waals surface area contributed by atoms with Gasteiger partial charge in [0.15, 0.2) is 0 Å². The summed E-state index contributed by atoms with van der Waals surface area (Å²) in [5, 5.41) is 0. The lowest BCUT2D eigenvalue weighted by atomic mass is 10.1. The van der Waals surface area contributed by atoms with Gasteiger partial charge in [-0.05, 0) is 61.9 Å². The molecule has 0 spiro atoms. The minimum absolute atomic E-state index is 0.0516. The average Bonchev–Trinajstić information content (AvgIpc) is 2.68. The van der Waals surface area contributed by atoms with Crippen LogP contribution in [0.2, 0.25) is 0 Å². The highest BCUT2D eigenvalue weighted by Gasteiger charge is 2.40. The summed E-state index contributed by atoms with van der Waals surface area (Å²) < 4.78 is 55.8. The summed E-state index contributed by atoms with van der Waals surface area (Å²) in [6, 6.07) is 11.3. The van der Waals surface area contributed by atoms with Crippen LogP contribution in [-0.4, -0.2) is 26.6 Å². The van der Waals surface area contributed by atoms with E-state index in [-0.39, 0.29) is 9.79 Å². The third-order valence-electron chi connectivity index (χ3n) is 4.78. The smallest absolute Gasteiger partial charge is 0.206 e. The molecule has 166 valence electrons. The molecule has 0 saturated carbocycles. The van der Waals surface area contributed by atoms with Crippen LogP contribution in [0.3, 0.4) is 0 Å². The van der Waals surface area contributed by atoms with Crippen molar-refractivity contribution in [2.45, 2.75) is 68.2 Å². The van der Waals surface area contributed by atoms with Gasteiger partial charge in [0, 0.05) is 15.0 Å². The lowest BCUT2D eigenvalue weighted by Crippen LogP contribution is -2.43. The van der Waals surface area contributed by atoms with Crippen LogP contribution in [0.1, 0.15) is 52.4 Å². The summed E-state index contributed by atoms with van der Waals surface area (Å²) in [5.74, 6) is 0. The molecule has 2 aromatic rings. The fraction of sp³-hybridized carbons (Fsp3) is 0.429. The number of hydrogen-bond acceptors (Lipinski definition) is 4. The van der Waals surface area contributed by atoms with E-state index in [4.69, 9.17) is 0 Å². The van der Waals surface area contributed by atoms with E-state index >= 15 is 0 Å². The van der Waals surface area contributed by atoms with Gasteiger partial charge in [0.25, 0.3) is 20.0 Å². The average molecular weight is 581 g/mol. The Balaban J connectivity index is 2.43. The topological polar surface area (TPSA) is 71.5 Å². The molecule has 0 heterocycles. The predicted octanol–water partition coefficient (Wildman–Crippen LogP) is 6.34. The van der Waals surface area contributed by atoms with E-state index in [0.29, 0.717) is 19.1 Å². The van der Waals surface area contributed by atoms with Gasteiger partial charge in [-0.25, -0.2) is 16.8 Å². The van der Waals surface area contributed by atoms with Gasteiger partial charge < -0.3 is 0 Å². The maximum absolute atomic E-state index is 13.4. The summed E-state index contributed by atoms with van der Waals surface area (Å²) >= 11 is 6.57. The van der Waals surface area contributed by atoms with Crippen molar-refractivity contribution in [1.82, 2.24) is 3.71 Å². The van der Waals surface area contributed by atoms with E-state index in [1.54, 1.807) is 31.2 Å². The molecule has 0 aliphatic rings. The number of benzene rings is 2. The van der Waals surface area contributed by atoms with E-state index in [0.717, 1.165) is 32.1 Å². The van der Waals surface area contributed by atoms with Crippen LogP contribution >= 0.6 is 31.9 Å². The summed E-state index contributed by atoms with van der Waals surface area (Å²) in [6.45, 7) is 3.78. The molecule has 0 fully saturated rings. The molecule has 2 rings (SSSR count). The summed E-state index contributed by atoms with van der Waals surface area (Å²) in [4.78, 5) is -0.103. The van der Waals surface area contributed by atoms with Crippen LogP contribution in [0.4, 0.5) is 0 Å². The Morgan fingerprint density at radius 2 is 1.13 bits per heavy atom. The molecule has 0 amide bonds. The number of sulfonamides is 2. The minimum Gasteiger partial charge on any atom is -0.206 e. The molecule has 5 nitrogen and oxygen atoms in total. The van der Waals surface area contributed by atoms with Crippen molar-refractivity contribution in [1.29, 1.82) is 0 Å². The number of rotatable bonds is 11. The summed E-state index contributed by atoms with van der Waals surface area (Å²) in [5.41, 5.74) is 0. The van der Waals surface area contributed by atoms with Crippen LogP contribution < -0.4 is 0 Å². The Labute approximate surface area is 197 Å². The van der Waals surface area contributed by atoms with Gasteiger partial charge in [0.05, 0.1) is 9.79 Å². The van der Waals surface area contributed by atoms with Crippen LogP contribution in [0.5, 0.6) is 0 Å². The molecule has 0 bridgehead atoms. The van der Waals surface area contributed by atoms with Gasteiger partial charge in [-0.15, -0.1) is 0 Å². The van der Waals surface area contributed by atoms with Crippen molar-refractivity contribution in [2.75, 3.05) is 0 Å². The number of hydrogen-bond donors (Lipinski definition) is 0. The zero-order valence-corrected chi connectivity index (χ0v) is 21.9.